The van der Waals surface area contributed by atoms with Crippen LogP contribution in [0.5, 0.6) is 0 Å². The number of rotatable bonds is 5. The molecule has 134 valence electrons. The fourth-order valence-electron chi connectivity index (χ4n) is 4.90. The number of nitrogens with zero attached hydrogens (tertiary/aromatic N) is 1. The molecule has 1 aromatic rings. The molecule has 1 saturated carbocycles. The SMILES string of the molecule is Cl.OC(COC1CN2CCC1CC2)(c1ccccc1)C1CCCC1. The van der Waals surface area contributed by atoms with Crippen molar-refractivity contribution in [2.75, 3.05) is 26.2 Å². The minimum Gasteiger partial charge on any atom is -0.382 e. The van der Waals surface area contributed by atoms with Crippen LogP contribution in [0.3, 0.4) is 0 Å². The van der Waals surface area contributed by atoms with Crippen molar-refractivity contribution in [1.82, 2.24) is 4.90 Å². The number of piperidine rings is 3. The summed E-state index contributed by atoms with van der Waals surface area (Å²) in [6.45, 7) is 3.98. The zero-order valence-electron chi connectivity index (χ0n) is 14.4. The molecule has 4 fully saturated rings. The van der Waals surface area contributed by atoms with Crippen molar-refractivity contribution in [3.05, 3.63) is 35.9 Å². The summed E-state index contributed by atoms with van der Waals surface area (Å²) in [5.74, 6) is 1.04. The maximum Gasteiger partial charge on any atom is 0.116 e. The third kappa shape index (κ3) is 3.50. The van der Waals surface area contributed by atoms with Gasteiger partial charge in [-0.05, 0) is 56.2 Å². The second kappa shape index (κ2) is 7.74. The van der Waals surface area contributed by atoms with E-state index >= 15 is 0 Å². The minimum atomic E-state index is -0.816. The Hall–Kier alpha value is -0.610. The first-order valence-electron chi connectivity index (χ1n) is 9.37. The number of hydrogen-bond donors (Lipinski definition) is 1. The molecule has 24 heavy (non-hydrogen) atoms. The van der Waals surface area contributed by atoms with Gasteiger partial charge in [-0.25, -0.2) is 0 Å². The third-order valence-corrected chi connectivity index (χ3v) is 6.42. The van der Waals surface area contributed by atoms with Gasteiger partial charge in [-0.3, -0.25) is 0 Å². The normalized spacial score (nSPS) is 32.3. The van der Waals surface area contributed by atoms with Crippen molar-refractivity contribution in [3.63, 3.8) is 0 Å². The van der Waals surface area contributed by atoms with Gasteiger partial charge >= 0.3 is 0 Å². The molecule has 3 heterocycles. The van der Waals surface area contributed by atoms with Crippen LogP contribution in [0, 0.1) is 11.8 Å². The van der Waals surface area contributed by atoms with Crippen LogP contribution in [0.4, 0.5) is 0 Å². The molecule has 2 unspecified atom stereocenters. The van der Waals surface area contributed by atoms with E-state index in [1.54, 1.807) is 0 Å². The average molecular weight is 352 g/mol. The zero-order chi connectivity index (χ0) is 15.7. The van der Waals surface area contributed by atoms with Gasteiger partial charge in [0.1, 0.15) is 5.60 Å². The molecule has 1 aromatic carbocycles. The Labute approximate surface area is 151 Å². The van der Waals surface area contributed by atoms with Crippen LogP contribution >= 0.6 is 12.4 Å². The van der Waals surface area contributed by atoms with Gasteiger partial charge < -0.3 is 14.7 Å². The van der Waals surface area contributed by atoms with Crippen LogP contribution in [-0.2, 0) is 10.3 Å². The van der Waals surface area contributed by atoms with Crippen molar-refractivity contribution >= 4 is 12.4 Å². The van der Waals surface area contributed by atoms with Gasteiger partial charge in [0.15, 0.2) is 0 Å². The number of hydrogen-bond acceptors (Lipinski definition) is 3. The summed E-state index contributed by atoms with van der Waals surface area (Å²) >= 11 is 0. The summed E-state index contributed by atoms with van der Waals surface area (Å²) in [4.78, 5) is 2.52. The lowest BCUT2D eigenvalue weighted by Crippen LogP contribution is -2.53. The van der Waals surface area contributed by atoms with E-state index in [4.69, 9.17) is 4.74 Å². The standard InChI is InChI=1S/C20H29NO2.ClH/c22-20(18-8-4-5-9-18,17-6-2-1-3-7-17)15-23-19-14-21-12-10-16(19)11-13-21;/h1-3,6-7,16,18-19,22H,4-5,8-15H2;1H. The molecule has 4 heteroatoms. The van der Waals surface area contributed by atoms with E-state index in [0.717, 1.165) is 24.9 Å². The zero-order valence-corrected chi connectivity index (χ0v) is 15.2. The van der Waals surface area contributed by atoms with Gasteiger partial charge in [-0.2, -0.15) is 0 Å². The highest BCUT2D eigenvalue weighted by atomic mass is 35.5. The molecule has 1 N–H and O–H groups in total. The van der Waals surface area contributed by atoms with E-state index in [9.17, 15) is 5.11 Å². The second-order valence-corrected chi connectivity index (χ2v) is 7.76. The van der Waals surface area contributed by atoms with Gasteiger partial charge in [0, 0.05) is 6.54 Å². The van der Waals surface area contributed by atoms with E-state index in [1.807, 2.05) is 18.2 Å². The Balaban J connectivity index is 0.00000169. The Morgan fingerprint density at radius 1 is 1.04 bits per heavy atom. The maximum absolute atomic E-state index is 11.5. The van der Waals surface area contributed by atoms with E-state index in [1.165, 1.54) is 38.8 Å². The van der Waals surface area contributed by atoms with Gasteiger partial charge in [-0.15, -0.1) is 12.4 Å². The molecule has 2 bridgehead atoms. The van der Waals surface area contributed by atoms with Crippen LogP contribution in [-0.4, -0.2) is 42.4 Å². The molecule has 3 saturated heterocycles. The molecule has 3 nitrogen and oxygen atoms in total. The predicted octanol–water partition coefficient (Wildman–Crippen LogP) is 3.60. The molecule has 0 amide bonds. The van der Waals surface area contributed by atoms with Gasteiger partial charge in [0.25, 0.3) is 0 Å². The van der Waals surface area contributed by atoms with Gasteiger partial charge in [-0.1, -0.05) is 43.2 Å². The molecular formula is C20H30ClNO2. The summed E-state index contributed by atoms with van der Waals surface area (Å²) in [7, 11) is 0. The minimum absolute atomic E-state index is 0. The highest BCUT2D eigenvalue weighted by Gasteiger charge is 2.42. The molecule has 0 radical (unpaired) electrons. The van der Waals surface area contributed by atoms with Crippen LogP contribution < -0.4 is 0 Å². The van der Waals surface area contributed by atoms with Crippen molar-refractivity contribution in [2.24, 2.45) is 11.8 Å². The van der Waals surface area contributed by atoms with Gasteiger partial charge in [0.2, 0.25) is 0 Å². The number of ether oxygens (including phenoxy) is 1. The lowest BCUT2D eigenvalue weighted by Gasteiger charge is -2.46. The summed E-state index contributed by atoms with van der Waals surface area (Å²) in [5, 5.41) is 11.5. The summed E-state index contributed by atoms with van der Waals surface area (Å²) < 4.78 is 6.36. The summed E-state index contributed by atoms with van der Waals surface area (Å²) in [6, 6.07) is 10.2. The highest BCUT2D eigenvalue weighted by Crippen LogP contribution is 2.41. The highest BCUT2D eigenvalue weighted by molar-refractivity contribution is 5.85. The third-order valence-electron chi connectivity index (χ3n) is 6.42. The lowest BCUT2D eigenvalue weighted by molar-refractivity contribution is -0.143. The van der Waals surface area contributed by atoms with Crippen LogP contribution in [0.15, 0.2) is 30.3 Å². The fraction of sp³-hybridized carbons (Fsp3) is 0.700. The predicted molar refractivity (Wildman–Crippen MR) is 98.4 cm³/mol. The second-order valence-electron chi connectivity index (χ2n) is 7.76. The molecular weight excluding hydrogens is 322 g/mol. The monoisotopic (exact) mass is 351 g/mol. The molecule has 0 spiro atoms. The van der Waals surface area contributed by atoms with Crippen LogP contribution in [0.25, 0.3) is 0 Å². The van der Waals surface area contributed by atoms with E-state index in [0.29, 0.717) is 24.5 Å². The number of aliphatic hydroxyl groups is 1. The number of fused-ring (bicyclic) bond motifs is 3. The Morgan fingerprint density at radius 3 is 2.29 bits per heavy atom. The number of halogens is 1. The van der Waals surface area contributed by atoms with Crippen molar-refractivity contribution in [1.29, 1.82) is 0 Å². The largest absolute Gasteiger partial charge is 0.382 e. The molecule has 4 aliphatic rings. The molecule has 0 aromatic heterocycles. The van der Waals surface area contributed by atoms with E-state index in [-0.39, 0.29) is 12.4 Å². The van der Waals surface area contributed by atoms with Gasteiger partial charge in [0.05, 0.1) is 12.7 Å². The molecule has 5 rings (SSSR count). The topological polar surface area (TPSA) is 32.7 Å². The first-order valence-corrected chi connectivity index (χ1v) is 9.37. The summed E-state index contributed by atoms with van der Waals surface area (Å²) in [6.07, 6.45) is 7.55. The Kier molecular flexibility index (Phi) is 5.86. The lowest BCUT2D eigenvalue weighted by atomic mass is 9.80. The molecule has 2 atom stereocenters. The quantitative estimate of drug-likeness (QED) is 0.879. The molecule has 3 aliphatic heterocycles. The molecule has 1 aliphatic carbocycles. The van der Waals surface area contributed by atoms with Crippen molar-refractivity contribution in [2.45, 2.75) is 50.2 Å². The van der Waals surface area contributed by atoms with Crippen LogP contribution in [0.2, 0.25) is 0 Å². The Morgan fingerprint density at radius 2 is 1.71 bits per heavy atom. The first kappa shape index (κ1) is 18.2. The Bertz CT molecular complexity index is 512. The maximum atomic E-state index is 11.5. The van der Waals surface area contributed by atoms with Crippen molar-refractivity contribution < 1.29 is 9.84 Å². The fourth-order valence-corrected chi connectivity index (χ4v) is 4.90. The first-order chi connectivity index (χ1) is 11.3. The van der Waals surface area contributed by atoms with Crippen molar-refractivity contribution in [3.8, 4) is 0 Å². The summed E-state index contributed by atoms with van der Waals surface area (Å²) in [5.41, 5.74) is 0.220. The van der Waals surface area contributed by atoms with E-state index < -0.39 is 5.60 Å². The average Bonchev–Trinajstić information content (AvgIpc) is 3.17. The van der Waals surface area contributed by atoms with E-state index in [2.05, 4.69) is 17.0 Å². The smallest absolute Gasteiger partial charge is 0.116 e. The number of benzene rings is 1. The van der Waals surface area contributed by atoms with Crippen LogP contribution in [0.1, 0.15) is 44.1 Å².